The number of carbonyl (C=O) groups is 2. The van der Waals surface area contributed by atoms with Gasteiger partial charge in [-0.3, -0.25) is 9.59 Å². The van der Waals surface area contributed by atoms with Crippen LogP contribution in [0.4, 0.5) is 0 Å². The van der Waals surface area contributed by atoms with Crippen molar-refractivity contribution in [2.24, 2.45) is 10.2 Å². The van der Waals surface area contributed by atoms with E-state index >= 15 is 0 Å². The van der Waals surface area contributed by atoms with Crippen LogP contribution < -0.4 is 10.9 Å². The number of rotatable bonds is 5. The van der Waals surface area contributed by atoms with Gasteiger partial charge in [-0.25, -0.2) is 10.9 Å². The first-order valence-electron chi connectivity index (χ1n) is 5.97. The van der Waals surface area contributed by atoms with Gasteiger partial charge in [0.1, 0.15) is 0 Å². The van der Waals surface area contributed by atoms with E-state index in [9.17, 15) is 9.59 Å². The summed E-state index contributed by atoms with van der Waals surface area (Å²) in [5.41, 5.74) is 6.12. The van der Waals surface area contributed by atoms with Gasteiger partial charge in [-0.1, -0.05) is 12.1 Å². The van der Waals surface area contributed by atoms with Crippen molar-refractivity contribution in [2.75, 3.05) is 6.26 Å². The summed E-state index contributed by atoms with van der Waals surface area (Å²) < 4.78 is 0. The molecule has 20 heavy (non-hydrogen) atoms. The van der Waals surface area contributed by atoms with E-state index in [0.717, 1.165) is 5.56 Å². The number of nitrogens with one attached hydrogen (secondary N) is 2. The Kier molecular flexibility index (Phi) is 4.89. The van der Waals surface area contributed by atoms with Crippen LogP contribution in [-0.4, -0.2) is 30.0 Å². The lowest BCUT2D eigenvalue weighted by Gasteiger charge is -1.99. The van der Waals surface area contributed by atoms with Crippen LogP contribution in [0.15, 0.2) is 39.4 Å². The Labute approximate surface area is 120 Å². The molecular weight excluding hydrogens is 276 g/mol. The molecule has 2 rings (SSSR count). The predicted octanol–water partition coefficient (Wildman–Crippen LogP) is 1.12. The lowest BCUT2D eigenvalue weighted by atomic mass is 10.2. The van der Waals surface area contributed by atoms with Crippen LogP contribution in [0.25, 0.3) is 0 Å². The van der Waals surface area contributed by atoms with Crippen LogP contribution >= 0.6 is 11.8 Å². The topological polar surface area (TPSA) is 82.9 Å². The number of carbonyl (C=O) groups excluding carboxylic acids is 2. The third kappa shape index (κ3) is 4.20. The van der Waals surface area contributed by atoms with E-state index < -0.39 is 0 Å². The molecule has 0 atom stereocenters. The van der Waals surface area contributed by atoms with Gasteiger partial charge < -0.3 is 0 Å². The van der Waals surface area contributed by atoms with Gasteiger partial charge in [0.2, 0.25) is 11.8 Å². The van der Waals surface area contributed by atoms with Gasteiger partial charge in [0.15, 0.2) is 0 Å². The Morgan fingerprint density at radius 3 is 2.85 bits per heavy atom. The minimum Gasteiger partial charge on any atom is -0.273 e. The highest BCUT2D eigenvalue weighted by atomic mass is 32.2. The fraction of sp³-hybridized carbons (Fsp3) is 0.231. The molecule has 0 aliphatic carbocycles. The summed E-state index contributed by atoms with van der Waals surface area (Å²) in [5, 5.41) is 7.61. The Balaban J connectivity index is 1.80. The third-order valence-corrected chi connectivity index (χ3v) is 3.33. The fourth-order valence-electron chi connectivity index (χ4n) is 1.60. The van der Waals surface area contributed by atoms with Crippen molar-refractivity contribution in [3.05, 3.63) is 29.8 Å². The van der Waals surface area contributed by atoms with Crippen molar-refractivity contribution in [1.82, 2.24) is 10.9 Å². The van der Waals surface area contributed by atoms with Crippen LogP contribution in [0.2, 0.25) is 0 Å². The molecule has 104 valence electrons. The molecule has 0 spiro atoms. The zero-order valence-corrected chi connectivity index (χ0v) is 11.7. The Morgan fingerprint density at radius 1 is 1.50 bits per heavy atom. The molecule has 1 aromatic rings. The number of hydrogen-bond acceptors (Lipinski definition) is 5. The monoisotopic (exact) mass is 290 g/mol. The van der Waals surface area contributed by atoms with E-state index in [0.29, 0.717) is 5.71 Å². The number of nitrogens with zero attached hydrogens (tertiary/aromatic N) is 2. The van der Waals surface area contributed by atoms with Crippen molar-refractivity contribution in [2.45, 2.75) is 17.7 Å². The van der Waals surface area contributed by atoms with Crippen molar-refractivity contribution in [3.8, 4) is 0 Å². The Morgan fingerprint density at radius 2 is 2.25 bits per heavy atom. The van der Waals surface area contributed by atoms with Gasteiger partial charge in [-0.05, 0) is 24.0 Å². The molecule has 0 unspecified atom stereocenters. The second-order valence-electron chi connectivity index (χ2n) is 4.13. The first-order chi connectivity index (χ1) is 9.67. The molecule has 0 saturated carbocycles. The first-order valence-corrected chi connectivity index (χ1v) is 7.20. The highest BCUT2D eigenvalue weighted by Gasteiger charge is 2.16. The Bertz CT molecular complexity index is 566. The summed E-state index contributed by atoms with van der Waals surface area (Å²) in [4.78, 5) is 23.6. The Hall–Kier alpha value is -2.15. The zero-order chi connectivity index (χ0) is 14.4. The van der Waals surface area contributed by atoms with Gasteiger partial charge >= 0.3 is 0 Å². The molecule has 1 aromatic carbocycles. The van der Waals surface area contributed by atoms with E-state index in [4.69, 9.17) is 0 Å². The van der Waals surface area contributed by atoms with Crippen LogP contribution in [0.1, 0.15) is 18.4 Å². The molecule has 1 heterocycles. The maximum atomic E-state index is 11.5. The molecule has 0 fully saturated rings. The molecule has 0 bridgehead atoms. The third-order valence-electron chi connectivity index (χ3n) is 2.59. The average molecular weight is 290 g/mol. The summed E-state index contributed by atoms with van der Waals surface area (Å²) in [7, 11) is 0. The van der Waals surface area contributed by atoms with E-state index in [1.165, 1.54) is 4.90 Å². The highest BCUT2D eigenvalue weighted by Crippen LogP contribution is 2.13. The molecule has 0 aromatic heterocycles. The van der Waals surface area contributed by atoms with Crippen LogP contribution in [0, 0.1) is 0 Å². The maximum absolute atomic E-state index is 11.5. The first kappa shape index (κ1) is 14.3. The van der Waals surface area contributed by atoms with Gasteiger partial charge in [0.25, 0.3) is 0 Å². The van der Waals surface area contributed by atoms with Crippen molar-refractivity contribution >= 4 is 35.5 Å². The summed E-state index contributed by atoms with van der Waals surface area (Å²) in [6, 6.07) is 7.81. The molecule has 2 amide bonds. The molecular formula is C13H14N4O2S. The van der Waals surface area contributed by atoms with E-state index in [1.54, 1.807) is 18.0 Å². The number of hydrogen-bond donors (Lipinski definition) is 2. The molecule has 7 heteroatoms. The molecule has 2 N–H and O–H groups in total. The molecule has 1 aliphatic heterocycles. The van der Waals surface area contributed by atoms with Gasteiger partial charge in [0.05, 0.1) is 24.8 Å². The average Bonchev–Trinajstić information content (AvgIpc) is 2.85. The summed E-state index contributed by atoms with van der Waals surface area (Å²) in [6.07, 6.45) is 3.82. The highest BCUT2D eigenvalue weighted by molar-refractivity contribution is 7.98. The van der Waals surface area contributed by atoms with Crippen molar-refractivity contribution in [3.63, 3.8) is 0 Å². The quantitative estimate of drug-likeness (QED) is 0.484. The molecule has 6 nitrogen and oxygen atoms in total. The SMILES string of the molecule is CSc1ccc(C=NNC(=O)CC2=NNC(=O)C2)cc1. The minimum atomic E-state index is -0.294. The number of thioether (sulfide) groups is 1. The fourth-order valence-corrected chi connectivity index (χ4v) is 2.01. The lowest BCUT2D eigenvalue weighted by molar-refractivity contribution is -0.119. The number of hydrazone groups is 2. The van der Waals surface area contributed by atoms with Crippen molar-refractivity contribution < 1.29 is 9.59 Å². The molecule has 1 aliphatic rings. The van der Waals surface area contributed by atoms with Crippen molar-refractivity contribution in [1.29, 1.82) is 0 Å². The van der Waals surface area contributed by atoms with Gasteiger partial charge in [-0.2, -0.15) is 10.2 Å². The molecule has 0 radical (unpaired) electrons. The van der Waals surface area contributed by atoms with Crippen LogP contribution in [0.5, 0.6) is 0 Å². The summed E-state index contributed by atoms with van der Waals surface area (Å²) in [5.74, 6) is -0.484. The normalized spacial score (nSPS) is 14.2. The minimum absolute atomic E-state index is 0.0709. The zero-order valence-electron chi connectivity index (χ0n) is 10.9. The standard InChI is InChI=1S/C13H14N4O2S/c1-20-11-4-2-9(3-5-11)8-14-16-12(18)6-10-7-13(19)17-15-10/h2-5,8H,6-7H2,1H3,(H,16,18)(H,17,19). The van der Waals surface area contributed by atoms with Gasteiger partial charge in [0, 0.05) is 4.90 Å². The number of amides is 2. The van der Waals surface area contributed by atoms with Crippen LogP contribution in [-0.2, 0) is 9.59 Å². The summed E-state index contributed by atoms with van der Waals surface area (Å²) in [6.45, 7) is 0. The van der Waals surface area contributed by atoms with Gasteiger partial charge in [-0.15, -0.1) is 11.8 Å². The molecule has 0 saturated heterocycles. The summed E-state index contributed by atoms with van der Waals surface area (Å²) >= 11 is 1.66. The van der Waals surface area contributed by atoms with Crippen LogP contribution in [0.3, 0.4) is 0 Å². The largest absolute Gasteiger partial charge is 0.273 e. The maximum Gasteiger partial charge on any atom is 0.245 e. The smallest absolute Gasteiger partial charge is 0.245 e. The lowest BCUT2D eigenvalue weighted by Crippen LogP contribution is -2.20. The van der Waals surface area contributed by atoms with E-state index in [2.05, 4.69) is 21.1 Å². The second-order valence-corrected chi connectivity index (χ2v) is 5.01. The van der Waals surface area contributed by atoms with E-state index in [1.807, 2.05) is 30.5 Å². The number of benzene rings is 1. The second kappa shape index (κ2) is 6.85. The predicted molar refractivity (Wildman–Crippen MR) is 78.8 cm³/mol. The van der Waals surface area contributed by atoms with E-state index in [-0.39, 0.29) is 24.7 Å².